The zero-order valence-electron chi connectivity index (χ0n) is 19.0. The van der Waals surface area contributed by atoms with Gasteiger partial charge in [0, 0.05) is 12.2 Å². The molecule has 0 heterocycles. The first-order chi connectivity index (χ1) is 13.5. The Hall–Kier alpha value is -2.13. The minimum Gasteiger partial charge on any atom is -0.426 e. The van der Waals surface area contributed by atoms with Gasteiger partial charge in [0.25, 0.3) is 0 Å². The van der Waals surface area contributed by atoms with Crippen LogP contribution in [0.1, 0.15) is 74.8 Å². The predicted octanol–water partition coefficient (Wildman–Crippen LogP) is 5.87. The van der Waals surface area contributed by atoms with Crippen LogP contribution in [0.2, 0.25) is 0 Å². The Kier molecular flexibility index (Phi) is 7.65. The Balaban J connectivity index is 2.28. The van der Waals surface area contributed by atoms with Crippen LogP contribution in [0.25, 0.3) is 0 Å². The van der Waals surface area contributed by atoms with Crippen LogP contribution >= 0.6 is 0 Å². The molecule has 0 spiro atoms. The number of aliphatic hydroxyl groups is 1. The molecule has 0 fully saturated rings. The largest absolute Gasteiger partial charge is 0.426 e. The average molecular weight is 397 g/mol. The number of ether oxygens (including phenoxy) is 1. The maximum Gasteiger partial charge on any atom is 0.318 e. The van der Waals surface area contributed by atoms with Crippen LogP contribution in [0, 0.1) is 19.8 Å². The second kappa shape index (κ2) is 9.58. The molecule has 1 atom stereocenters. The first kappa shape index (κ1) is 23.2. The van der Waals surface area contributed by atoms with Crippen LogP contribution in [0.5, 0.6) is 5.75 Å². The molecule has 0 aliphatic carbocycles. The summed E-state index contributed by atoms with van der Waals surface area (Å²) in [6.07, 6.45) is 1.64. The summed E-state index contributed by atoms with van der Waals surface area (Å²) in [5.74, 6) is 0.605. The van der Waals surface area contributed by atoms with Crippen molar-refractivity contribution >= 4 is 5.97 Å². The van der Waals surface area contributed by atoms with Gasteiger partial charge in [0.1, 0.15) is 5.75 Å². The zero-order chi connectivity index (χ0) is 21.8. The fourth-order valence-electron chi connectivity index (χ4n) is 4.03. The molecule has 0 radical (unpaired) electrons. The van der Waals surface area contributed by atoms with Crippen molar-refractivity contribution in [2.45, 2.75) is 72.6 Å². The molecule has 2 aromatic carbocycles. The van der Waals surface area contributed by atoms with Crippen molar-refractivity contribution in [3.05, 3.63) is 64.2 Å². The number of aliphatic hydroxyl groups excluding tert-OH is 1. The summed E-state index contributed by atoms with van der Waals surface area (Å²) in [6.45, 7) is 14.6. The lowest BCUT2D eigenvalue weighted by molar-refractivity contribution is -0.135. The van der Waals surface area contributed by atoms with Crippen molar-refractivity contribution in [2.75, 3.05) is 6.61 Å². The molecular weight excluding hydrogens is 360 g/mol. The fraction of sp³-hybridized carbons (Fsp3) is 0.500. The van der Waals surface area contributed by atoms with Crippen LogP contribution in [-0.2, 0) is 16.6 Å². The van der Waals surface area contributed by atoms with Crippen molar-refractivity contribution in [3.8, 4) is 5.75 Å². The van der Waals surface area contributed by atoms with Gasteiger partial charge < -0.3 is 9.84 Å². The molecule has 158 valence electrons. The Morgan fingerprint density at radius 2 is 1.69 bits per heavy atom. The summed E-state index contributed by atoms with van der Waals surface area (Å²) < 4.78 is 5.93. The number of hydrogen-bond donors (Lipinski definition) is 1. The van der Waals surface area contributed by atoms with E-state index in [9.17, 15) is 9.90 Å². The van der Waals surface area contributed by atoms with Gasteiger partial charge in [-0.25, -0.2) is 0 Å². The van der Waals surface area contributed by atoms with E-state index >= 15 is 0 Å². The standard InChI is InChI=1S/C26H36O3/c1-17(2)14-21-8-10-22(11-9-21)20(5)25(28)29-23-16-18(3)15-19(4)24(23)26(6,7)12-13-27/h8-11,15-17,20,27H,12-14H2,1-7H3/t20-/m0/s1. The van der Waals surface area contributed by atoms with Crippen molar-refractivity contribution in [3.63, 3.8) is 0 Å². The van der Waals surface area contributed by atoms with Gasteiger partial charge in [-0.3, -0.25) is 4.79 Å². The van der Waals surface area contributed by atoms with E-state index in [1.54, 1.807) is 0 Å². The highest BCUT2D eigenvalue weighted by Gasteiger charge is 2.28. The van der Waals surface area contributed by atoms with Gasteiger partial charge >= 0.3 is 5.97 Å². The predicted molar refractivity (Wildman–Crippen MR) is 120 cm³/mol. The van der Waals surface area contributed by atoms with Gasteiger partial charge in [-0.1, -0.05) is 58.0 Å². The summed E-state index contributed by atoms with van der Waals surface area (Å²) in [5, 5.41) is 9.49. The lowest BCUT2D eigenvalue weighted by Crippen LogP contribution is -2.24. The molecule has 1 N–H and O–H groups in total. The molecule has 0 unspecified atom stereocenters. The van der Waals surface area contributed by atoms with Gasteiger partial charge in [-0.05, 0) is 73.3 Å². The van der Waals surface area contributed by atoms with Crippen LogP contribution in [0.3, 0.4) is 0 Å². The average Bonchev–Trinajstić information content (AvgIpc) is 2.60. The van der Waals surface area contributed by atoms with Gasteiger partial charge in [0.15, 0.2) is 0 Å². The van der Waals surface area contributed by atoms with Crippen LogP contribution in [0.4, 0.5) is 0 Å². The third-order valence-corrected chi connectivity index (χ3v) is 5.55. The second-order valence-electron chi connectivity index (χ2n) is 9.29. The normalized spacial score (nSPS) is 12.9. The lowest BCUT2D eigenvalue weighted by Gasteiger charge is -2.29. The van der Waals surface area contributed by atoms with E-state index in [1.807, 2.05) is 39.0 Å². The smallest absolute Gasteiger partial charge is 0.318 e. The van der Waals surface area contributed by atoms with Gasteiger partial charge in [0.05, 0.1) is 5.92 Å². The van der Waals surface area contributed by atoms with Crippen molar-refractivity contribution in [1.82, 2.24) is 0 Å². The first-order valence-corrected chi connectivity index (χ1v) is 10.6. The highest BCUT2D eigenvalue weighted by atomic mass is 16.5. The summed E-state index contributed by atoms with van der Waals surface area (Å²) in [5.41, 5.74) is 5.08. The van der Waals surface area contributed by atoms with Crippen LogP contribution in [-0.4, -0.2) is 17.7 Å². The quantitative estimate of drug-likeness (QED) is 0.448. The first-order valence-electron chi connectivity index (χ1n) is 10.6. The third kappa shape index (κ3) is 5.93. The van der Waals surface area contributed by atoms with Crippen molar-refractivity contribution in [1.29, 1.82) is 0 Å². The van der Waals surface area contributed by atoms with E-state index in [1.165, 1.54) is 5.56 Å². The molecule has 0 saturated heterocycles. The maximum atomic E-state index is 13.0. The molecule has 3 heteroatoms. The summed E-state index contributed by atoms with van der Waals surface area (Å²) >= 11 is 0. The minimum atomic E-state index is -0.349. The molecule has 29 heavy (non-hydrogen) atoms. The molecule has 0 aliphatic heterocycles. The van der Waals surface area contributed by atoms with Gasteiger partial charge in [0.2, 0.25) is 0 Å². The Bertz CT molecular complexity index is 832. The maximum absolute atomic E-state index is 13.0. The third-order valence-electron chi connectivity index (χ3n) is 5.55. The molecule has 0 amide bonds. The summed E-state index contributed by atoms with van der Waals surface area (Å²) in [6, 6.07) is 12.3. The number of esters is 1. The van der Waals surface area contributed by atoms with E-state index in [2.05, 4.69) is 45.9 Å². The van der Waals surface area contributed by atoms with Gasteiger partial charge in [-0.15, -0.1) is 0 Å². The number of aryl methyl sites for hydroxylation is 2. The molecule has 3 nitrogen and oxygen atoms in total. The molecular formula is C26H36O3. The van der Waals surface area contributed by atoms with E-state index < -0.39 is 0 Å². The minimum absolute atomic E-state index is 0.0901. The highest BCUT2D eigenvalue weighted by Crippen LogP contribution is 2.38. The monoisotopic (exact) mass is 396 g/mol. The lowest BCUT2D eigenvalue weighted by atomic mass is 9.78. The van der Waals surface area contributed by atoms with E-state index in [0.717, 1.165) is 28.7 Å². The Morgan fingerprint density at radius 3 is 2.24 bits per heavy atom. The number of rotatable bonds is 8. The number of carbonyl (C=O) groups excluding carboxylic acids is 1. The molecule has 2 aromatic rings. The summed E-state index contributed by atoms with van der Waals surface area (Å²) in [4.78, 5) is 13.0. The van der Waals surface area contributed by atoms with E-state index in [4.69, 9.17) is 4.74 Å². The Labute approximate surface area is 176 Å². The summed E-state index contributed by atoms with van der Waals surface area (Å²) in [7, 11) is 0. The topological polar surface area (TPSA) is 46.5 Å². The van der Waals surface area contributed by atoms with E-state index in [-0.39, 0.29) is 23.9 Å². The number of benzene rings is 2. The number of hydrogen-bond acceptors (Lipinski definition) is 3. The van der Waals surface area contributed by atoms with E-state index in [0.29, 0.717) is 18.1 Å². The van der Waals surface area contributed by atoms with Crippen LogP contribution in [0.15, 0.2) is 36.4 Å². The molecule has 0 aliphatic rings. The van der Waals surface area contributed by atoms with Gasteiger partial charge in [-0.2, -0.15) is 0 Å². The van der Waals surface area contributed by atoms with Crippen molar-refractivity contribution < 1.29 is 14.6 Å². The second-order valence-corrected chi connectivity index (χ2v) is 9.29. The molecule has 0 bridgehead atoms. The fourth-order valence-corrected chi connectivity index (χ4v) is 4.03. The number of carbonyl (C=O) groups is 1. The molecule has 0 aromatic heterocycles. The van der Waals surface area contributed by atoms with Crippen LogP contribution < -0.4 is 4.74 Å². The highest BCUT2D eigenvalue weighted by molar-refractivity contribution is 5.80. The molecule has 2 rings (SSSR count). The molecule has 0 saturated carbocycles. The SMILES string of the molecule is Cc1cc(C)c(C(C)(C)CCO)c(OC(=O)[C@@H](C)c2ccc(CC(C)C)cc2)c1. The van der Waals surface area contributed by atoms with Crippen molar-refractivity contribution in [2.24, 2.45) is 5.92 Å². The Morgan fingerprint density at radius 1 is 1.07 bits per heavy atom. The zero-order valence-corrected chi connectivity index (χ0v) is 19.0.